The second kappa shape index (κ2) is 6.30. The summed E-state index contributed by atoms with van der Waals surface area (Å²) in [5.41, 5.74) is 3.53. The van der Waals surface area contributed by atoms with E-state index in [1.807, 2.05) is 4.57 Å². The van der Waals surface area contributed by atoms with Crippen LogP contribution in [-0.4, -0.2) is 15.9 Å². The summed E-state index contributed by atoms with van der Waals surface area (Å²) in [6, 6.07) is 9.02. The lowest BCUT2D eigenvalue weighted by Gasteiger charge is -2.15. The van der Waals surface area contributed by atoms with Crippen molar-refractivity contribution in [3.63, 3.8) is 0 Å². The number of rotatable bonds is 3. The maximum absolute atomic E-state index is 13.4. The third kappa shape index (κ3) is 3.25. The van der Waals surface area contributed by atoms with E-state index in [0.717, 1.165) is 47.8 Å². The van der Waals surface area contributed by atoms with Crippen molar-refractivity contribution in [2.75, 3.05) is 0 Å². The van der Waals surface area contributed by atoms with Crippen molar-refractivity contribution >= 4 is 10.9 Å². The molecule has 0 aliphatic heterocycles. The van der Waals surface area contributed by atoms with Gasteiger partial charge in [-0.2, -0.15) is 4.39 Å². The number of hydrogen-bond acceptors (Lipinski definition) is 2. The Labute approximate surface area is 147 Å². The first-order chi connectivity index (χ1) is 12.4. The summed E-state index contributed by atoms with van der Waals surface area (Å²) in [5, 5.41) is 0.762. The molecule has 0 unspecified atom stereocenters. The average Bonchev–Trinajstić information content (AvgIpc) is 2.87. The van der Waals surface area contributed by atoms with Crippen molar-refractivity contribution in [1.29, 1.82) is 0 Å². The lowest BCUT2D eigenvalue weighted by atomic mass is 9.95. The standard InChI is InChI=1S/C19H16F4N2O/c20-18-7-3-4-12(24-18)11-25-16-6-2-1-5-14(16)15-10-13(8-9-17(15)25)26-19(21,22)23/h3-4,7-10H,1-2,5-6,11H2. The zero-order valence-corrected chi connectivity index (χ0v) is 13.8. The Morgan fingerprint density at radius 3 is 2.65 bits per heavy atom. The number of alkyl halides is 3. The summed E-state index contributed by atoms with van der Waals surface area (Å²) < 4.78 is 57.1. The van der Waals surface area contributed by atoms with Gasteiger partial charge in [0.15, 0.2) is 0 Å². The first kappa shape index (κ1) is 16.9. The first-order valence-corrected chi connectivity index (χ1v) is 8.42. The fourth-order valence-corrected chi connectivity index (χ4v) is 3.69. The zero-order valence-electron chi connectivity index (χ0n) is 13.8. The fraction of sp³-hybridized carbons (Fsp3) is 0.316. The average molecular weight is 364 g/mol. The van der Waals surface area contributed by atoms with E-state index >= 15 is 0 Å². The van der Waals surface area contributed by atoms with E-state index in [1.54, 1.807) is 18.2 Å². The minimum Gasteiger partial charge on any atom is -0.406 e. The van der Waals surface area contributed by atoms with Crippen molar-refractivity contribution in [3.05, 3.63) is 59.3 Å². The SMILES string of the molecule is Fc1cccc(Cn2c3c(c4cc(OC(F)(F)F)ccc42)CCCC3)n1. The maximum Gasteiger partial charge on any atom is 0.573 e. The Hall–Kier alpha value is -2.57. The highest BCUT2D eigenvalue weighted by atomic mass is 19.4. The minimum atomic E-state index is -4.72. The number of hydrogen-bond donors (Lipinski definition) is 0. The van der Waals surface area contributed by atoms with Gasteiger partial charge in [0, 0.05) is 16.6 Å². The van der Waals surface area contributed by atoms with Crippen molar-refractivity contribution < 1.29 is 22.3 Å². The monoisotopic (exact) mass is 364 g/mol. The van der Waals surface area contributed by atoms with Gasteiger partial charge in [0.25, 0.3) is 0 Å². The Kier molecular flexibility index (Phi) is 4.09. The quantitative estimate of drug-likeness (QED) is 0.483. The molecule has 0 N–H and O–H groups in total. The van der Waals surface area contributed by atoms with Crippen molar-refractivity contribution in [3.8, 4) is 5.75 Å². The molecule has 3 aromatic rings. The molecule has 26 heavy (non-hydrogen) atoms. The summed E-state index contributed by atoms with van der Waals surface area (Å²) in [6.45, 7) is 0.378. The molecule has 136 valence electrons. The molecule has 7 heteroatoms. The number of halogens is 4. The van der Waals surface area contributed by atoms with Crippen LogP contribution in [-0.2, 0) is 19.4 Å². The number of pyridine rings is 1. The van der Waals surface area contributed by atoms with E-state index in [1.165, 1.54) is 18.2 Å². The summed E-state index contributed by atoms with van der Waals surface area (Å²) in [6.07, 6.45) is -1.05. The summed E-state index contributed by atoms with van der Waals surface area (Å²) in [7, 11) is 0. The number of aryl methyl sites for hydroxylation is 1. The van der Waals surface area contributed by atoms with Crippen LogP contribution in [0.5, 0.6) is 5.75 Å². The molecule has 2 heterocycles. The van der Waals surface area contributed by atoms with Crippen LogP contribution in [0.4, 0.5) is 17.6 Å². The van der Waals surface area contributed by atoms with Crippen molar-refractivity contribution in [2.45, 2.75) is 38.6 Å². The van der Waals surface area contributed by atoms with Gasteiger partial charge in [-0.15, -0.1) is 13.2 Å². The molecule has 1 aromatic carbocycles. The van der Waals surface area contributed by atoms with Gasteiger partial charge < -0.3 is 9.30 Å². The first-order valence-electron chi connectivity index (χ1n) is 8.42. The number of aromatic nitrogens is 2. The highest BCUT2D eigenvalue weighted by Crippen LogP contribution is 2.35. The molecular formula is C19H16F4N2O. The van der Waals surface area contributed by atoms with Gasteiger partial charge >= 0.3 is 6.36 Å². The summed E-state index contributed by atoms with van der Waals surface area (Å²) in [5.74, 6) is -0.770. The third-order valence-electron chi connectivity index (χ3n) is 4.67. The molecule has 0 saturated carbocycles. The second-order valence-corrected chi connectivity index (χ2v) is 6.40. The van der Waals surface area contributed by atoms with Crippen molar-refractivity contribution in [2.24, 2.45) is 0 Å². The van der Waals surface area contributed by atoms with Gasteiger partial charge in [-0.25, -0.2) is 4.98 Å². The predicted octanol–water partition coefficient (Wildman–Crippen LogP) is 5.00. The Balaban J connectivity index is 1.81. The molecule has 3 nitrogen and oxygen atoms in total. The second-order valence-electron chi connectivity index (χ2n) is 6.40. The zero-order chi connectivity index (χ0) is 18.3. The van der Waals surface area contributed by atoms with E-state index in [-0.39, 0.29) is 5.75 Å². The van der Waals surface area contributed by atoms with Crippen LogP contribution in [0.25, 0.3) is 10.9 Å². The Morgan fingerprint density at radius 2 is 1.88 bits per heavy atom. The smallest absolute Gasteiger partial charge is 0.406 e. The van der Waals surface area contributed by atoms with Gasteiger partial charge in [0.05, 0.1) is 12.2 Å². The molecule has 0 spiro atoms. The number of benzene rings is 1. The van der Waals surface area contributed by atoms with E-state index in [2.05, 4.69) is 9.72 Å². The third-order valence-corrected chi connectivity index (χ3v) is 4.67. The molecule has 0 bridgehead atoms. The molecule has 1 aliphatic rings. The lowest BCUT2D eigenvalue weighted by Crippen LogP contribution is -2.17. The maximum atomic E-state index is 13.4. The minimum absolute atomic E-state index is 0.223. The van der Waals surface area contributed by atoms with Crippen LogP contribution >= 0.6 is 0 Å². The molecule has 0 saturated heterocycles. The summed E-state index contributed by atoms with van der Waals surface area (Å²) >= 11 is 0. The van der Waals surface area contributed by atoms with Crippen LogP contribution in [0.3, 0.4) is 0 Å². The lowest BCUT2D eigenvalue weighted by molar-refractivity contribution is -0.274. The van der Waals surface area contributed by atoms with Gasteiger partial charge in [-0.05, 0) is 61.6 Å². The van der Waals surface area contributed by atoms with E-state index in [0.29, 0.717) is 12.2 Å². The number of fused-ring (bicyclic) bond motifs is 3. The van der Waals surface area contributed by atoms with Gasteiger partial charge in [0.1, 0.15) is 5.75 Å². The highest BCUT2D eigenvalue weighted by Gasteiger charge is 2.31. The molecule has 1 aliphatic carbocycles. The summed E-state index contributed by atoms with van der Waals surface area (Å²) in [4.78, 5) is 3.91. The topological polar surface area (TPSA) is 27.1 Å². The van der Waals surface area contributed by atoms with Crippen molar-refractivity contribution in [1.82, 2.24) is 9.55 Å². The van der Waals surface area contributed by atoms with E-state index < -0.39 is 12.3 Å². The molecule has 4 rings (SSSR count). The molecule has 2 aromatic heterocycles. The Morgan fingerprint density at radius 1 is 1.08 bits per heavy atom. The van der Waals surface area contributed by atoms with Crippen LogP contribution in [0.2, 0.25) is 0 Å². The number of ether oxygens (including phenoxy) is 1. The van der Waals surface area contributed by atoms with Gasteiger partial charge in [-0.3, -0.25) is 0 Å². The molecule has 0 atom stereocenters. The molecule has 0 amide bonds. The number of nitrogens with zero attached hydrogens (tertiary/aromatic N) is 2. The highest BCUT2D eigenvalue weighted by molar-refractivity contribution is 5.87. The molecular weight excluding hydrogens is 348 g/mol. The molecule has 0 fully saturated rings. The van der Waals surface area contributed by atoms with Gasteiger partial charge in [-0.1, -0.05) is 6.07 Å². The molecule has 0 radical (unpaired) electrons. The largest absolute Gasteiger partial charge is 0.573 e. The van der Waals surface area contributed by atoms with Crippen LogP contribution in [0.1, 0.15) is 29.8 Å². The van der Waals surface area contributed by atoms with Crippen LogP contribution < -0.4 is 4.74 Å². The fourth-order valence-electron chi connectivity index (χ4n) is 3.69. The van der Waals surface area contributed by atoms with Crippen LogP contribution in [0, 0.1) is 5.95 Å². The van der Waals surface area contributed by atoms with E-state index in [4.69, 9.17) is 0 Å². The van der Waals surface area contributed by atoms with E-state index in [9.17, 15) is 17.6 Å². The Bertz CT molecular complexity index is 962. The van der Waals surface area contributed by atoms with Gasteiger partial charge in [0.2, 0.25) is 5.95 Å². The normalized spacial score (nSPS) is 14.5. The van der Waals surface area contributed by atoms with Crippen LogP contribution in [0.15, 0.2) is 36.4 Å². The predicted molar refractivity (Wildman–Crippen MR) is 88.6 cm³/mol.